The lowest BCUT2D eigenvalue weighted by Crippen LogP contribution is -2.45. The van der Waals surface area contributed by atoms with Crippen molar-refractivity contribution in [3.05, 3.63) is 0 Å². The van der Waals surface area contributed by atoms with Crippen LogP contribution in [0.1, 0.15) is 58.3 Å². The van der Waals surface area contributed by atoms with E-state index < -0.39 is 0 Å². The van der Waals surface area contributed by atoms with Gasteiger partial charge in [0.2, 0.25) is 0 Å². The Kier molecular flexibility index (Phi) is 6.11. The zero-order chi connectivity index (χ0) is 13.6. The fourth-order valence-corrected chi connectivity index (χ4v) is 3.79. The number of hydrogen-bond acceptors (Lipinski definition) is 3. The molecule has 0 radical (unpaired) electrons. The van der Waals surface area contributed by atoms with Gasteiger partial charge >= 0.3 is 0 Å². The van der Waals surface area contributed by atoms with Crippen LogP contribution in [-0.2, 0) is 4.74 Å². The maximum Gasteiger partial charge on any atom is 0.0599 e. The molecule has 1 aliphatic carbocycles. The van der Waals surface area contributed by atoms with Gasteiger partial charge in [0.25, 0.3) is 0 Å². The van der Waals surface area contributed by atoms with Crippen LogP contribution in [0.5, 0.6) is 0 Å². The van der Waals surface area contributed by atoms with E-state index in [2.05, 4.69) is 11.8 Å². The molecule has 0 aromatic carbocycles. The van der Waals surface area contributed by atoms with Crippen molar-refractivity contribution in [3.8, 4) is 0 Å². The summed E-state index contributed by atoms with van der Waals surface area (Å²) < 4.78 is 5.72. The number of likely N-dealkylation sites (tertiary alicyclic amines) is 1. The van der Waals surface area contributed by atoms with E-state index in [1.54, 1.807) is 0 Å². The molecule has 0 atom stereocenters. The van der Waals surface area contributed by atoms with E-state index in [-0.39, 0.29) is 5.41 Å². The highest BCUT2D eigenvalue weighted by molar-refractivity contribution is 4.86. The second-order valence-electron chi connectivity index (χ2n) is 6.50. The molecule has 0 aromatic rings. The van der Waals surface area contributed by atoms with Crippen molar-refractivity contribution in [2.24, 2.45) is 5.41 Å². The molecule has 2 fully saturated rings. The second kappa shape index (κ2) is 7.61. The van der Waals surface area contributed by atoms with E-state index >= 15 is 0 Å². The highest BCUT2D eigenvalue weighted by atomic mass is 16.5. The van der Waals surface area contributed by atoms with Crippen LogP contribution in [0.4, 0.5) is 0 Å². The maximum absolute atomic E-state index is 9.88. The number of aliphatic hydroxyl groups excluding tert-OH is 1. The predicted molar refractivity (Wildman–Crippen MR) is 78.3 cm³/mol. The molecule has 0 bridgehead atoms. The van der Waals surface area contributed by atoms with E-state index in [4.69, 9.17) is 4.74 Å². The van der Waals surface area contributed by atoms with Crippen molar-refractivity contribution in [1.82, 2.24) is 4.90 Å². The van der Waals surface area contributed by atoms with Crippen molar-refractivity contribution in [2.75, 3.05) is 32.8 Å². The zero-order valence-corrected chi connectivity index (χ0v) is 12.6. The number of aliphatic hydroxyl groups is 1. The molecule has 3 heteroatoms. The molecular formula is C16H31NO2. The van der Waals surface area contributed by atoms with E-state index in [0.717, 1.165) is 39.1 Å². The van der Waals surface area contributed by atoms with Crippen LogP contribution in [0.15, 0.2) is 0 Å². The molecule has 2 aliphatic rings. The van der Waals surface area contributed by atoms with Crippen molar-refractivity contribution in [1.29, 1.82) is 0 Å². The molecule has 19 heavy (non-hydrogen) atoms. The quantitative estimate of drug-likeness (QED) is 0.779. The lowest BCUT2D eigenvalue weighted by Gasteiger charge is -2.39. The van der Waals surface area contributed by atoms with Gasteiger partial charge in [0, 0.05) is 38.3 Å². The number of rotatable bonds is 5. The van der Waals surface area contributed by atoms with Crippen molar-refractivity contribution in [2.45, 2.75) is 64.4 Å². The third-order valence-electron chi connectivity index (χ3n) is 5.00. The number of ether oxygens (including phenoxy) is 1. The van der Waals surface area contributed by atoms with E-state index in [1.807, 2.05) is 0 Å². The van der Waals surface area contributed by atoms with E-state index in [9.17, 15) is 5.11 Å². The predicted octanol–water partition coefficient (Wildman–Crippen LogP) is 2.82. The Labute approximate surface area is 118 Å². The smallest absolute Gasteiger partial charge is 0.0599 e. The number of nitrogens with zero attached hydrogens (tertiary/aromatic N) is 1. The Morgan fingerprint density at radius 3 is 2.26 bits per heavy atom. The Hall–Kier alpha value is -0.120. The van der Waals surface area contributed by atoms with Crippen molar-refractivity contribution >= 4 is 0 Å². The van der Waals surface area contributed by atoms with Gasteiger partial charge < -0.3 is 14.7 Å². The largest absolute Gasteiger partial charge is 0.396 e. The summed E-state index contributed by atoms with van der Waals surface area (Å²) in [6.07, 6.45) is 10.5. The van der Waals surface area contributed by atoms with Crippen LogP contribution >= 0.6 is 0 Å². The standard InChI is InChI=1S/C16H31NO2/c1-2-19-15-7-11-17(12-8-15)13-16(14-18)9-5-3-4-6-10-16/h15,18H,2-14H2,1H3. The van der Waals surface area contributed by atoms with Gasteiger partial charge in [0.1, 0.15) is 0 Å². The minimum Gasteiger partial charge on any atom is -0.396 e. The molecule has 112 valence electrons. The summed E-state index contributed by atoms with van der Waals surface area (Å²) in [5, 5.41) is 9.88. The molecular weight excluding hydrogens is 238 g/mol. The monoisotopic (exact) mass is 269 g/mol. The summed E-state index contributed by atoms with van der Waals surface area (Å²) in [6, 6.07) is 0. The minimum atomic E-state index is 0.189. The van der Waals surface area contributed by atoms with Crippen LogP contribution in [-0.4, -0.2) is 49.0 Å². The molecule has 1 heterocycles. The van der Waals surface area contributed by atoms with Crippen molar-refractivity contribution in [3.63, 3.8) is 0 Å². The third-order valence-corrected chi connectivity index (χ3v) is 5.00. The van der Waals surface area contributed by atoms with Gasteiger partial charge in [-0.15, -0.1) is 0 Å². The minimum absolute atomic E-state index is 0.189. The summed E-state index contributed by atoms with van der Waals surface area (Å²) in [6.45, 7) is 6.68. The van der Waals surface area contributed by atoms with Gasteiger partial charge in [-0.25, -0.2) is 0 Å². The van der Waals surface area contributed by atoms with Gasteiger partial charge in [-0.2, -0.15) is 0 Å². The molecule has 0 aromatic heterocycles. The average Bonchev–Trinajstić information content (AvgIpc) is 2.68. The first-order valence-corrected chi connectivity index (χ1v) is 8.23. The molecule has 1 saturated carbocycles. The summed E-state index contributed by atoms with van der Waals surface area (Å²) >= 11 is 0. The first kappa shape index (κ1) is 15.3. The van der Waals surface area contributed by atoms with Crippen LogP contribution in [0, 0.1) is 5.41 Å². The van der Waals surface area contributed by atoms with Crippen LogP contribution < -0.4 is 0 Å². The maximum atomic E-state index is 9.88. The van der Waals surface area contributed by atoms with E-state index in [1.165, 1.54) is 38.5 Å². The molecule has 2 rings (SSSR count). The first-order valence-electron chi connectivity index (χ1n) is 8.23. The summed E-state index contributed by atoms with van der Waals surface area (Å²) in [5.74, 6) is 0. The van der Waals surface area contributed by atoms with Crippen molar-refractivity contribution < 1.29 is 9.84 Å². The Morgan fingerprint density at radius 2 is 1.74 bits per heavy atom. The Balaban J connectivity index is 1.82. The lowest BCUT2D eigenvalue weighted by molar-refractivity contribution is -0.00719. The summed E-state index contributed by atoms with van der Waals surface area (Å²) in [4.78, 5) is 2.57. The van der Waals surface area contributed by atoms with Crippen LogP contribution in [0.3, 0.4) is 0 Å². The Bertz CT molecular complexity index is 241. The summed E-state index contributed by atoms with van der Waals surface area (Å²) in [7, 11) is 0. The van der Waals surface area contributed by atoms with Gasteiger partial charge in [-0.05, 0) is 32.6 Å². The number of hydrogen-bond donors (Lipinski definition) is 1. The Morgan fingerprint density at radius 1 is 1.11 bits per heavy atom. The van der Waals surface area contributed by atoms with E-state index in [0.29, 0.717) is 12.7 Å². The normalized spacial score (nSPS) is 26.2. The molecule has 1 aliphatic heterocycles. The van der Waals surface area contributed by atoms with Gasteiger partial charge in [-0.3, -0.25) is 0 Å². The van der Waals surface area contributed by atoms with Gasteiger partial charge in [0.05, 0.1) is 6.10 Å². The topological polar surface area (TPSA) is 32.7 Å². The summed E-state index contributed by atoms with van der Waals surface area (Å²) in [5.41, 5.74) is 0.189. The molecule has 0 amide bonds. The highest BCUT2D eigenvalue weighted by Crippen LogP contribution is 2.36. The average molecular weight is 269 g/mol. The molecule has 3 nitrogen and oxygen atoms in total. The molecule has 1 saturated heterocycles. The first-order chi connectivity index (χ1) is 9.28. The molecule has 0 spiro atoms. The third kappa shape index (κ3) is 4.44. The fraction of sp³-hybridized carbons (Fsp3) is 1.00. The van der Waals surface area contributed by atoms with Gasteiger partial charge in [-0.1, -0.05) is 25.7 Å². The molecule has 1 N–H and O–H groups in total. The van der Waals surface area contributed by atoms with Crippen LogP contribution in [0.25, 0.3) is 0 Å². The van der Waals surface area contributed by atoms with Crippen LogP contribution in [0.2, 0.25) is 0 Å². The second-order valence-corrected chi connectivity index (χ2v) is 6.50. The lowest BCUT2D eigenvalue weighted by atomic mass is 9.80. The zero-order valence-electron chi connectivity index (χ0n) is 12.6. The SMILES string of the molecule is CCOC1CCN(CC2(CO)CCCCCC2)CC1. The highest BCUT2D eigenvalue weighted by Gasteiger charge is 2.33. The fourth-order valence-electron chi connectivity index (χ4n) is 3.79. The molecule has 0 unspecified atom stereocenters. The number of piperidine rings is 1. The van der Waals surface area contributed by atoms with Gasteiger partial charge in [0.15, 0.2) is 0 Å².